The highest BCUT2D eigenvalue weighted by molar-refractivity contribution is 5.84. The van der Waals surface area contributed by atoms with Gasteiger partial charge >= 0.3 is 0 Å². The van der Waals surface area contributed by atoms with Crippen molar-refractivity contribution in [3.8, 4) is 11.4 Å². The van der Waals surface area contributed by atoms with Crippen molar-refractivity contribution in [2.24, 2.45) is 0 Å². The minimum Gasteiger partial charge on any atom is -0.484 e. The average molecular weight is 372 g/mol. The lowest BCUT2D eigenvalue weighted by Crippen LogP contribution is -2.31. The van der Waals surface area contributed by atoms with Crippen molar-refractivity contribution in [2.75, 3.05) is 6.61 Å². The van der Waals surface area contributed by atoms with Gasteiger partial charge in [0.15, 0.2) is 6.61 Å². The maximum atomic E-state index is 12.3. The van der Waals surface area contributed by atoms with Crippen molar-refractivity contribution >= 4 is 16.7 Å². The Bertz CT molecular complexity index is 1080. The summed E-state index contributed by atoms with van der Waals surface area (Å²) in [7, 11) is 0. The van der Waals surface area contributed by atoms with Crippen molar-refractivity contribution in [3.63, 3.8) is 0 Å². The van der Waals surface area contributed by atoms with Gasteiger partial charge in [0.1, 0.15) is 18.4 Å². The van der Waals surface area contributed by atoms with E-state index in [1.54, 1.807) is 11.0 Å². The van der Waals surface area contributed by atoms with Crippen LogP contribution in [0.15, 0.2) is 79.4 Å². The maximum Gasteiger partial charge on any atom is 0.258 e. The molecule has 0 aliphatic heterocycles. The van der Waals surface area contributed by atoms with Crippen LogP contribution >= 0.6 is 0 Å². The zero-order chi connectivity index (χ0) is 19.3. The Morgan fingerprint density at radius 2 is 1.86 bits per heavy atom. The van der Waals surface area contributed by atoms with Gasteiger partial charge in [-0.3, -0.25) is 4.79 Å². The molecule has 0 saturated heterocycles. The van der Waals surface area contributed by atoms with Crippen LogP contribution in [0.3, 0.4) is 0 Å². The van der Waals surface area contributed by atoms with Crippen molar-refractivity contribution in [1.82, 2.24) is 20.1 Å². The highest BCUT2D eigenvalue weighted by Gasteiger charge is 2.11. The van der Waals surface area contributed by atoms with Crippen LogP contribution in [0.5, 0.6) is 5.75 Å². The number of carbonyl (C=O) groups excluding carboxylic acids is 1. The van der Waals surface area contributed by atoms with Gasteiger partial charge in [-0.15, -0.1) is 0 Å². The quantitative estimate of drug-likeness (QED) is 0.561. The van der Waals surface area contributed by atoms with E-state index in [-0.39, 0.29) is 18.6 Å². The fourth-order valence-corrected chi connectivity index (χ4v) is 3.03. The highest BCUT2D eigenvalue weighted by Crippen LogP contribution is 2.20. The van der Waals surface area contributed by atoms with E-state index < -0.39 is 0 Å². The van der Waals surface area contributed by atoms with Gasteiger partial charge in [0.05, 0.1) is 11.7 Å². The normalized spacial score (nSPS) is 11.9. The van der Waals surface area contributed by atoms with Crippen molar-refractivity contribution in [2.45, 2.75) is 13.0 Å². The van der Waals surface area contributed by atoms with Crippen molar-refractivity contribution in [1.29, 1.82) is 0 Å². The van der Waals surface area contributed by atoms with Crippen LogP contribution in [-0.4, -0.2) is 27.3 Å². The Labute approximate surface area is 162 Å². The molecule has 0 unspecified atom stereocenters. The summed E-state index contributed by atoms with van der Waals surface area (Å²) in [6.45, 7) is 1.91. The molecule has 1 amide bonds. The molecule has 1 heterocycles. The summed E-state index contributed by atoms with van der Waals surface area (Å²) >= 11 is 0. The standard InChI is InChI=1S/C22H20N4O2/c1-16(17-6-9-20(10-7-17)26-15-23-14-24-26)25-22(27)13-28-21-11-8-18-4-2-3-5-19(18)12-21/h2-12,14-16H,13H2,1H3,(H,25,27)/t16-/m0/s1. The minimum atomic E-state index is -0.166. The zero-order valence-corrected chi connectivity index (χ0v) is 15.4. The minimum absolute atomic E-state index is 0.0281. The molecule has 3 aromatic carbocycles. The Morgan fingerprint density at radius 1 is 1.07 bits per heavy atom. The molecule has 6 heteroatoms. The van der Waals surface area contributed by atoms with Crippen LogP contribution in [0.2, 0.25) is 0 Å². The molecular formula is C22H20N4O2. The first-order valence-electron chi connectivity index (χ1n) is 9.05. The number of nitrogens with zero attached hydrogens (tertiary/aromatic N) is 3. The SMILES string of the molecule is C[C@H](NC(=O)COc1ccc2ccccc2c1)c1ccc(-n2cncn2)cc1. The molecule has 0 bridgehead atoms. The van der Waals surface area contributed by atoms with Gasteiger partial charge in [-0.05, 0) is 47.5 Å². The molecule has 1 atom stereocenters. The average Bonchev–Trinajstić information content (AvgIpc) is 3.27. The number of aromatic nitrogens is 3. The fraction of sp³-hybridized carbons (Fsp3) is 0.136. The largest absolute Gasteiger partial charge is 0.484 e. The number of rotatable bonds is 6. The lowest BCUT2D eigenvalue weighted by atomic mass is 10.1. The van der Waals surface area contributed by atoms with E-state index in [0.717, 1.165) is 22.0 Å². The number of hydrogen-bond donors (Lipinski definition) is 1. The number of amides is 1. The topological polar surface area (TPSA) is 69.0 Å². The molecule has 140 valence electrons. The number of nitrogens with one attached hydrogen (secondary N) is 1. The molecular weight excluding hydrogens is 352 g/mol. The van der Waals surface area contributed by atoms with Gasteiger partial charge in [-0.25, -0.2) is 9.67 Å². The smallest absolute Gasteiger partial charge is 0.258 e. The molecule has 4 aromatic rings. The molecule has 0 fully saturated rings. The number of ether oxygens (including phenoxy) is 1. The molecule has 4 rings (SSSR count). The summed E-state index contributed by atoms with van der Waals surface area (Å²) in [5, 5.41) is 9.29. The third-order valence-corrected chi connectivity index (χ3v) is 4.54. The lowest BCUT2D eigenvalue weighted by Gasteiger charge is -2.15. The molecule has 1 N–H and O–H groups in total. The van der Waals surface area contributed by atoms with E-state index in [0.29, 0.717) is 5.75 Å². The highest BCUT2D eigenvalue weighted by atomic mass is 16.5. The molecule has 6 nitrogen and oxygen atoms in total. The predicted molar refractivity (Wildman–Crippen MR) is 107 cm³/mol. The van der Waals surface area contributed by atoms with Gasteiger partial charge in [0, 0.05) is 0 Å². The van der Waals surface area contributed by atoms with E-state index in [1.165, 1.54) is 6.33 Å². The van der Waals surface area contributed by atoms with Crippen LogP contribution in [0.25, 0.3) is 16.5 Å². The van der Waals surface area contributed by atoms with Crippen LogP contribution in [-0.2, 0) is 4.79 Å². The maximum absolute atomic E-state index is 12.3. The summed E-state index contributed by atoms with van der Waals surface area (Å²) in [6.07, 6.45) is 3.14. The molecule has 0 aliphatic rings. The third kappa shape index (κ3) is 4.01. The summed E-state index contributed by atoms with van der Waals surface area (Å²) in [5.41, 5.74) is 1.92. The van der Waals surface area contributed by atoms with Crippen molar-refractivity contribution < 1.29 is 9.53 Å². The van der Waals surface area contributed by atoms with Gasteiger partial charge < -0.3 is 10.1 Å². The number of carbonyl (C=O) groups is 1. The second-order valence-electron chi connectivity index (χ2n) is 6.52. The van der Waals surface area contributed by atoms with Crippen LogP contribution in [0, 0.1) is 0 Å². The fourth-order valence-electron chi connectivity index (χ4n) is 3.03. The Kier molecular flexibility index (Phi) is 5.01. The second kappa shape index (κ2) is 7.92. The monoisotopic (exact) mass is 372 g/mol. The van der Waals surface area contributed by atoms with Crippen LogP contribution < -0.4 is 10.1 Å². The van der Waals surface area contributed by atoms with Crippen molar-refractivity contribution in [3.05, 3.63) is 84.9 Å². The summed E-state index contributed by atoms with van der Waals surface area (Å²) in [5.74, 6) is 0.514. The first kappa shape index (κ1) is 17.7. The van der Waals surface area contributed by atoms with E-state index in [1.807, 2.05) is 73.7 Å². The number of fused-ring (bicyclic) bond motifs is 1. The van der Waals surface area contributed by atoms with E-state index >= 15 is 0 Å². The number of hydrogen-bond acceptors (Lipinski definition) is 4. The van der Waals surface area contributed by atoms with Gasteiger partial charge in [-0.2, -0.15) is 5.10 Å². The van der Waals surface area contributed by atoms with Gasteiger partial charge in [0.25, 0.3) is 5.91 Å². The Morgan fingerprint density at radius 3 is 2.61 bits per heavy atom. The summed E-state index contributed by atoms with van der Waals surface area (Å²) in [4.78, 5) is 16.2. The Hall–Kier alpha value is -3.67. The molecule has 1 aromatic heterocycles. The van der Waals surface area contributed by atoms with Crippen LogP contribution in [0.1, 0.15) is 18.5 Å². The lowest BCUT2D eigenvalue weighted by molar-refractivity contribution is -0.123. The molecule has 0 radical (unpaired) electrons. The first-order valence-corrected chi connectivity index (χ1v) is 9.05. The van der Waals surface area contributed by atoms with Gasteiger partial charge in [-0.1, -0.05) is 42.5 Å². The number of benzene rings is 3. The zero-order valence-electron chi connectivity index (χ0n) is 15.4. The van der Waals surface area contributed by atoms with Crippen LogP contribution in [0.4, 0.5) is 0 Å². The van der Waals surface area contributed by atoms with Gasteiger partial charge in [0.2, 0.25) is 0 Å². The second-order valence-corrected chi connectivity index (χ2v) is 6.52. The molecule has 0 saturated carbocycles. The molecule has 0 aliphatic carbocycles. The predicted octanol–water partition coefficient (Wildman–Crippen LogP) is 3.68. The first-order chi connectivity index (χ1) is 13.7. The summed E-state index contributed by atoms with van der Waals surface area (Å²) in [6, 6.07) is 21.5. The molecule has 0 spiro atoms. The molecule has 28 heavy (non-hydrogen) atoms. The van der Waals surface area contributed by atoms with E-state index in [9.17, 15) is 4.79 Å². The van der Waals surface area contributed by atoms with E-state index in [2.05, 4.69) is 15.4 Å². The summed E-state index contributed by atoms with van der Waals surface area (Å²) < 4.78 is 7.34. The van der Waals surface area contributed by atoms with E-state index in [4.69, 9.17) is 4.74 Å². The Balaban J connectivity index is 1.33. The third-order valence-electron chi connectivity index (χ3n) is 4.54.